The summed E-state index contributed by atoms with van der Waals surface area (Å²) in [6.45, 7) is 3.44. The molecule has 1 heterocycles. The second kappa shape index (κ2) is 10.2. The molecule has 1 aromatic heterocycles. The number of hydrogen-bond acceptors (Lipinski definition) is 4. The van der Waals surface area contributed by atoms with E-state index in [1.807, 2.05) is 12.1 Å². The maximum atomic E-state index is 11.9. The van der Waals surface area contributed by atoms with Crippen LogP contribution in [0.4, 0.5) is 5.82 Å². The van der Waals surface area contributed by atoms with E-state index in [1.54, 1.807) is 12.3 Å². The summed E-state index contributed by atoms with van der Waals surface area (Å²) in [4.78, 5) is 20.3. The molecule has 5 nitrogen and oxygen atoms in total. The van der Waals surface area contributed by atoms with Gasteiger partial charge in [0.1, 0.15) is 11.5 Å². The summed E-state index contributed by atoms with van der Waals surface area (Å²) >= 11 is 12.0. The van der Waals surface area contributed by atoms with Gasteiger partial charge in [-0.05, 0) is 30.5 Å². The molecule has 0 spiro atoms. The minimum absolute atomic E-state index is 0.192. The monoisotopic (exact) mass is 380 g/mol. The number of halogens is 2. The van der Waals surface area contributed by atoms with Crippen molar-refractivity contribution < 1.29 is 4.79 Å². The van der Waals surface area contributed by atoms with E-state index in [-0.39, 0.29) is 5.91 Å². The number of nitrogens with zero attached hydrogens (tertiary/aromatic N) is 2. The molecular formula is C18H22Cl2N4O. The molecule has 0 radical (unpaired) electrons. The van der Waals surface area contributed by atoms with Gasteiger partial charge in [-0.2, -0.15) is 0 Å². The van der Waals surface area contributed by atoms with E-state index < -0.39 is 0 Å². The Kier molecular flexibility index (Phi) is 7.95. The Morgan fingerprint density at radius 3 is 2.64 bits per heavy atom. The highest BCUT2D eigenvalue weighted by atomic mass is 35.5. The molecule has 0 atom stereocenters. The fourth-order valence-electron chi connectivity index (χ4n) is 2.25. The van der Waals surface area contributed by atoms with Crippen LogP contribution in [0.3, 0.4) is 0 Å². The minimum Gasteiger partial charge on any atom is -0.368 e. The predicted octanol–water partition coefficient (Wildman–Crippen LogP) is 4.36. The summed E-state index contributed by atoms with van der Waals surface area (Å²) in [7, 11) is 0. The van der Waals surface area contributed by atoms with E-state index in [0.29, 0.717) is 34.6 Å². The zero-order valence-electron chi connectivity index (χ0n) is 14.2. The number of hydrogen-bond donors (Lipinski definition) is 2. The average Bonchev–Trinajstić information content (AvgIpc) is 2.61. The van der Waals surface area contributed by atoms with Crippen LogP contribution in [0.2, 0.25) is 10.0 Å². The number of aromatic nitrogens is 2. The van der Waals surface area contributed by atoms with Crippen LogP contribution in [0, 0.1) is 0 Å². The molecule has 1 aromatic carbocycles. The van der Waals surface area contributed by atoms with Crippen LogP contribution in [0.15, 0.2) is 30.6 Å². The first kappa shape index (κ1) is 19.5. The smallest absolute Gasteiger partial charge is 0.271 e. The Balaban J connectivity index is 1.79. The van der Waals surface area contributed by atoms with Crippen LogP contribution in [-0.2, 0) is 6.42 Å². The summed E-state index contributed by atoms with van der Waals surface area (Å²) in [5.41, 5.74) is 1.33. The van der Waals surface area contributed by atoms with Gasteiger partial charge in [0.15, 0.2) is 0 Å². The molecule has 134 valence electrons. The molecule has 1 amide bonds. The van der Waals surface area contributed by atoms with Crippen LogP contribution in [-0.4, -0.2) is 29.0 Å². The van der Waals surface area contributed by atoms with Crippen molar-refractivity contribution in [1.82, 2.24) is 15.3 Å². The second-order valence-corrected chi connectivity index (χ2v) is 6.51. The topological polar surface area (TPSA) is 66.9 Å². The molecule has 7 heteroatoms. The van der Waals surface area contributed by atoms with Crippen LogP contribution in [0.5, 0.6) is 0 Å². The normalized spacial score (nSPS) is 10.5. The average molecular weight is 381 g/mol. The van der Waals surface area contributed by atoms with Crippen LogP contribution in [0.1, 0.15) is 42.2 Å². The minimum atomic E-state index is -0.192. The molecule has 0 fully saturated rings. The fourth-order valence-corrected chi connectivity index (χ4v) is 2.76. The highest BCUT2D eigenvalue weighted by Gasteiger charge is 2.07. The fraction of sp³-hybridized carbons (Fsp3) is 0.389. The third-order valence-corrected chi connectivity index (χ3v) is 4.25. The van der Waals surface area contributed by atoms with Crippen LogP contribution < -0.4 is 10.6 Å². The van der Waals surface area contributed by atoms with Crippen molar-refractivity contribution >= 4 is 34.9 Å². The summed E-state index contributed by atoms with van der Waals surface area (Å²) in [6.07, 6.45) is 6.97. The molecule has 0 unspecified atom stereocenters. The number of carbonyl (C=O) groups excluding carboxylic acids is 1. The van der Waals surface area contributed by atoms with Gasteiger partial charge in [0.25, 0.3) is 5.91 Å². The SMILES string of the molecule is CCCCCNC(=O)c1cnc(NCCc2ccc(Cl)cc2Cl)cn1. The molecule has 25 heavy (non-hydrogen) atoms. The van der Waals surface area contributed by atoms with E-state index in [1.165, 1.54) is 6.20 Å². The van der Waals surface area contributed by atoms with E-state index in [4.69, 9.17) is 23.2 Å². The lowest BCUT2D eigenvalue weighted by molar-refractivity contribution is 0.0947. The summed E-state index contributed by atoms with van der Waals surface area (Å²) in [5, 5.41) is 7.28. The lowest BCUT2D eigenvalue weighted by Gasteiger charge is -2.08. The van der Waals surface area contributed by atoms with Crippen LogP contribution >= 0.6 is 23.2 Å². The van der Waals surface area contributed by atoms with E-state index >= 15 is 0 Å². The van der Waals surface area contributed by atoms with E-state index in [2.05, 4.69) is 27.5 Å². The Hall–Kier alpha value is -1.85. The Bertz CT molecular complexity index is 692. The van der Waals surface area contributed by atoms with Gasteiger partial charge in [0.2, 0.25) is 0 Å². The van der Waals surface area contributed by atoms with Crippen molar-refractivity contribution in [3.63, 3.8) is 0 Å². The molecule has 0 bridgehead atoms. The first-order valence-electron chi connectivity index (χ1n) is 8.38. The Morgan fingerprint density at radius 2 is 1.96 bits per heavy atom. The van der Waals surface area contributed by atoms with Crippen molar-refractivity contribution in [1.29, 1.82) is 0 Å². The zero-order chi connectivity index (χ0) is 18.1. The number of rotatable bonds is 9. The first-order chi connectivity index (χ1) is 12.1. The molecular weight excluding hydrogens is 359 g/mol. The largest absolute Gasteiger partial charge is 0.368 e. The number of unbranched alkanes of at least 4 members (excludes halogenated alkanes) is 2. The van der Waals surface area contributed by atoms with Gasteiger partial charge in [-0.3, -0.25) is 4.79 Å². The van der Waals surface area contributed by atoms with Gasteiger partial charge in [0, 0.05) is 23.1 Å². The lowest BCUT2D eigenvalue weighted by atomic mass is 10.1. The molecule has 0 aliphatic heterocycles. The van der Waals surface area contributed by atoms with Crippen molar-refractivity contribution in [3.05, 3.63) is 51.9 Å². The number of anilines is 1. The molecule has 0 saturated heterocycles. The quantitative estimate of drug-likeness (QED) is 0.634. The summed E-state index contributed by atoms with van der Waals surface area (Å²) in [6, 6.07) is 5.45. The number of nitrogens with one attached hydrogen (secondary N) is 2. The molecule has 2 N–H and O–H groups in total. The van der Waals surface area contributed by atoms with Crippen molar-refractivity contribution in [3.8, 4) is 0 Å². The molecule has 0 saturated carbocycles. The molecule has 0 aliphatic rings. The molecule has 2 rings (SSSR count). The third-order valence-electron chi connectivity index (χ3n) is 3.67. The van der Waals surface area contributed by atoms with Gasteiger partial charge < -0.3 is 10.6 Å². The Morgan fingerprint density at radius 1 is 1.12 bits per heavy atom. The van der Waals surface area contributed by atoms with Gasteiger partial charge in [-0.15, -0.1) is 0 Å². The molecule has 0 aliphatic carbocycles. The maximum absolute atomic E-state index is 11.9. The van der Waals surface area contributed by atoms with Gasteiger partial charge >= 0.3 is 0 Å². The third kappa shape index (κ3) is 6.52. The highest BCUT2D eigenvalue weighted by molar-refractivity contribution is 6.35. The van der Waals surface area contributed by atoms with E-state index in [0.717, 1.165) is 31.2 Å². The van der Waals surface area contributed by atoms with Crippen molar-refractivity contribution in [2.75, 3.05) is 18.4 Å². The second-order valence-electron chi connectivity index (χ2n) is 5.66. The summed E-state index contributed by atoms with van der Waals surface area (Å²) < 4.78 is 0. The number of amides is 1. The standard InChI is InChI=1S/C18H22Cl2N4O/c1-2-3-4-8-22-18(25)16-11-24-17(12-23-16)21-9-7-13-5-6-14(19)10-15(13)20/h5-6,10-12H,2-4,7-9H2,1H3,(H,21,24)(H,22,25). The van der Waals surface area contributed by atoms with E-state index in [9.17, 15) is 4.79 Å². The predicted molar refractivity (Wildman–Crippen MR) is 103 cm³/mol. The van der Waals surface area contributed by atoms with Gasteiger partial charge in [-0.1, -0.05) is 49.0 Å². The highest BCUT2D eigenvalue weighted by Crippen LogP contribution is 2.21. The maximum Gasteiger partial charge on any atom is 0.271 e. The van der Waals surface area contributed by atoms with Crippen molar-refractivity contribution in [2.24, 2.45) is 0 Å². The van der Waals surface area contributed by atoms with Gasteiger partial charge in [-0.25, -0.2) is 9.97 Å². The van der Waals surface area contributed by atoms with Gasteiger partial charge in [0.05, 0.1) is 12.4 Å². The number of carbonyl (C=O) groups is 1. The lowest BCUT2D eigenvalue weighted by Crippen LogP contribution is -2.25. The van der Waals surface area contributed by atoms with Crippen LogP contribution in [0.25, 0.3) is 0 Å². The number of benzene rings is 1. The summed E-state index contributed by atoms with van der Waals surface area (Å²) in [5.74, 6) is 0.427. The van der Waals surface area contributed by atoms with Crippen molar-refractivity contribution in [2.45, 2.75) is 32.6 Å². The first-order valence-corrected chi connectivity index (χ1v) is 9.13. The molecule has 2 aromatic rings. The Labute approximate surface area is 158 Å². The zero-order valence-corrected chi connectivity index (χ0v) is 15.7.